The van der Waals surface area contributed by atoms with Crippen LogP contribution in [0.25, 0.3) is 0 Å². The first-order chi connectivity index (χ1) is 7.86. The molecule has 80 valence electrons. The van der Waals surface area contributed by atoms with Crippen LogP contribution in [-0.2, 0) is 6.42 Å². The van der Waals surface area contributed by atoms with E-state index in [0.717, 1.165) is 18.4 Å². The van der Waals surface area contributed by atoms with E-state index in [2.05, 4.69) is 17.5 Å². The van der Waals surface area contributed by atoms with Gasteiger partial charge >= 0.3 is 0 Å². The summed E-state index contributed by atoms with van der Waals surface area (Å²) in [6.45, 7) is 0. The van der Waals surface area contributed by atoms with Gasteiger partial charge in [0.15, 0.2) is 5.78 Å². The van der Waals surface area contributed by atoms with E-state index in [9.17, 15) is 4.79 Å². The molecule has 1 aromatic rings. The number of nitrogens with one attached hydrogen (secondary N) is 1. The second kappa shape index (κ2) is 3.63. The number of allylic oxidation sites excluding steroid dienone is 2. The van der Waals surface area contributed by atoms with Crippen molar-refractivity contribution in [1.29, 1.82) is 0 Å². The number of carbonyl (C=O) groups is 1. The lowest BCUT2D eigenvalue weighted by molar-refractivity contribution is 0.0964. The molecule has 0 aromatic heterocycles. The summed E-state index contributed by atoms with van der Waals surface area (Å²) in [6.07, 6.45) is 7.80. The van der Waals surface area contributed by atoms with Crippen LogP contribution in [0.2, 0.25) is 0 Å². The van der Waals surface area contributed by atoms with Crippen LogP contribution in [0, 0.1) is 0 Å². The molecule has 0 fully saturated rings. The van der Waals surface area contributed by atoms with Gasteiger partial charge in [-0.1, -0.05) is 30.3 Å². The second-order valence-corrected chi connectivity index (χ2v) is 4.22. The van der Waals surface area contributed by atoms with Crippen molar-refractivity contribution in [3.63, 3.8) is 0 Å². The molecule has 0 saturated carbocycles. The second-order valence-electron chi connectivity index (χ2n) is 4.22. The minimum atomic E-state index is -0.145. The highest BCUT2D eigenvalue weighted by Crippen LogP contribution is 2.25. The predicted octanol–water partition coefficient (Wildman–Crippen LogP) is 2.23. The number of carbonyl (C=O) groups excluding carboxylic acids is 1. The van der Waals surface area contributed by atoms with E-state index in [1.807, 2.05) is 30.5 Å². The lowest BCUT2D eigenvalue weighted by Crippen LogP contribution is -2.35. The number of fused-ring (bicyclic) bond motifs is 2. The van der Waals surface area contributed by atoms with Crippen LogP contribution in [0.3, 0.4) is 0 Å². The summed E-state index contributed by atoms with van der Waals surface area (Å²) in [5.41, 5.74) is 3.24. The first kappa shape index (κ1) is 9.40. The van der Waals surface area contributed by atoms with Gasteiger partial charge in [-0.15, -0.1) is 0 Å². The number of hydrogen-bond donors (Lipinski definition) is 1. The monoisotopic (exact) mass is 211 g/mol. The van der Waals surface area contributed by atoms with Gasteiger partial charge in [-0.2, -0.15) is 0 Å². The van der Waals surface area contributed by atoms with E-state index in [0.29, 0.717) is 0 Å². The standard InChI is InChI=1S/C14H13NO/c16-14-12-6-2-1-4-10(12)7-8-11-5-3-9-15-13(11)14/h1-6,9,13,15H,7-8H2. The first-order valence-electron chi connectivity index (χ1n) is 5.60. The molecule has 0 amide bonds. The molecule has 3 rings (SSSR count). The summed E-state index contributed by atoms with van der Waals surface area (Å²) in [6, 6.07) is 7.78. The van der Waals surface area contributed by atoms with Gasteiger partial charge in [0.05, 0.1) is 0 Å². The molecule has 1 heterocycles. The summed E-state index contributed by atoms with van der Waals surface area (Å²) in [5, 5.41) is 3.15. The quantitative estimate of drug-likeness (QED) is 0.713. The minimum Gasteiger partial charge on any atom is -0.378 e. The van der Waals surface area contributed by atoms with Crippen LogP contribution in [0.4, 0.5) is 0 Å². The highest BCUT2D eigenvalue weighted by molar-refractivity contribution is 6.04. The number of Topliss-reactive ketones (excluding diaryl/α,β-unsaturated/α-hetero) is 1. The van der Waals surface area contributed by atoms with Gasteiger partial charge in [0.2, 0.25) is 0 Å². The van der Waals surface area contributed by atoms with Gasteiger partial charge < -0.3 is 5.32 Å². The Morgan fingerprint density at radius 1 is 1.19 bits per heavy atom. The molecular formula is C14H13NO. The van der Waals surface area contributed by atoms with E-state index in [1.54, 1.807) is 0 Å². The summed E-state index contributed by atoms with van der Waals surface area (Å²) < 4.78 is 0. The Labute approximate surface area is 94.7 Å². The van der Waals surface area contributed by atoms with Crippen LogP contribution in [-0.4, -0.2) is 11.8 Å². The normalized spacial score (nSPS) is 22.6. The highest BCUT2D eigenvalue weighted by atomic mass is 16.1. The molecule has 0 radical (unpaired) electrons. The molecule has 2 aliphatic rings. The predicted molar refractivity (Wildman–Crippen MR) is 63.2 cm³/mol. The third-order valence-electron chi connectivity index (χ3n) is 3.27. The Morgan fingerprint density at radius 2 is 2.06 bits per heavy atom. The zero-order valence-electron chi connectivity index (χ0n) is 8.94. The fourth-order valence-electron chi connectivity index (χ4n) is 2.41. The lowest BCUT2D eigenvalue weighted by Gasteiger charge is -2.19. The average molecular weight is 211 g/mol. The molecule has 0 spiro atoms. The van der Waals surface area contributed by atoms with Crippen molar-refractivity contribution in [3.05, 3.63) is 59.3 Å². The maximum absolute atomic E-state index is 12.3. The third kappa shape index (κ3) is 1.38. The van der Waals surface area contributed by atoms with Gasteiger partial charge in [0.25, 0.3) is 0 Å². The number of rotatable bonds is 0. The maximum atomic E-state index is 12.3. The number of dihydropyridines is 1. The van der Waals surface area contributed by atoms with Crippen LogP contribution in [0.1, 0.15) is 22.3 Å². The lowest BCUT2D eigenvalue weighted by atomic mass is 9.97. The fraction of sp³-hybridized carbons (Fsp3) is 0.214. The molecular weight excluding hydrogens is 198 g/mol. The molecule has 1 N–H and O–H groups in total. The van der Waals surface area contributed by atoms with Crippen molar-refractivity contribution in [2.75, 3.05) is 0 Å². The zero-order valence-corrected chi connectivity index (χ0v) is 8.94. The van der Waals surface area contributed by atoms with Gasteiger partial charge in [-0.05, 0) is 36.3 Å². The van der Waals surface area contributed by atoms with E-state index >= 15 is 0 Å². The summed E-state index contributed by atoms with van der Waals surface area (Å²) >= 11 is 0. The SMILES string of the molecule is O=C1c2ccccc2CCC2=CC=CNC12. The number of aryl methyl sites for hydroxylation is 1. The van der Waals surface area contributed by atoms with Crippen LogP contribution in [0.5, 0.6) is 0 Å². The number of ketones is 1. The topological polar surface area (TPSA) is 29.1 Å². The minimum absolute atomic E-state index is 0.145. The molecule has 1 atom stereocenters. The van der Waals surface area contributed by atoms with Crippen molar-refractivity contribution in [3.8, 4) is 0 Å². The number of benzene rings is 1. The Balaban J connectivity index is 2.09. The van der Waals surface area contributed by atoms with Gasteiger partial charge in [0.1, 0.15) is 6.04 Å². The Bertz CT molecular complexity index is 499. The fourth-order valence-corrected chi connectivity index (χ4v) is 2.41. The third-order valence-corrected chi connectivity index (χ3v) is 3.27. The van der Waals surface area contributed by atoms with Crippen LogP contribution >= 0.6 is 0 Å². The molecule has 2 heteroatoms. The summed E-state index contributed by atoms with van der Waals surface area (Å²) in [5.74, 6) is 0.198. The van der Waals surface area contributed by atoms with Crippen molar-refractivity contribution in [2.24, 2.45) is 0 Å². The van der Waals surface area contributed by atoms with Gasteiger partial charge in [-0.3, -0.25) is 4.79 Å². The largest absolute Gasteiger partial charge is 0.378 e. The maximum Gasteiger partial charge on any atom is 0.189 e. The van der Waals surface area contributed by atoms with E-state index in [1.165, 1.54) is 11.1 Å². The molecule has 1 unspecified atom stereocenters. The molecule has 1 aromatic carbocycles. The van der Waals surface area contributed by atoms with Crippen molar-refractivity contribution in [1.82, 2.24) is 5.32 Å². The van der Waals surface area contributed by atoms with Crippen LogP contribution in [0.15, 0.2) is 48.2 Å². The number of hydrogen-bond acceptors (Lipinski definition) is 2. The molecule has 1 aliphatic heterocycles. The van der Waals surface area contributed by atoms with Gasteiger partial charge in [0, 0.05) is 5.56 Å². The average Bonchev–Trinajstić information content (AvgIpc) is 2.49. The molecule has 0 saturated heterocycles. The zero-order chi connectivity index (χ0) is 11.0. The summed E-state index contributed by atoms with van der Waals surface area (Å²) in [7, 11) is 0. The Kier molecular flexibility index (Phi) is 2.13. The Morgan fingerprint density at radius 3 is 3.00 bits per heavy atom. The Hall–Kier alpha value is -1.83. The molecule has 16 heavy (non-hydrogen) atoms. The van der Waals surface area contributed by atoms with Crippen molar-refractivity contribution >= 4 is 5.78 Å². The van der Waals surface area contributed by atoms with E-state index in [4.69, 9.17) is 0 Å². The highest BCUT2D eigenvalue weighted by Gasteiger charge is 2.28. The van der Waals surface area contributed by atoms with Gasteiger partial charge in [-0.25, -0.2) is 0 Å². The van der Waals surface area contributed by atoms with E-state index < -0.39 is 0 Å². The molecule has 2 nitrogen and oxygen atoms in total. The van der Waals surface area contributed by atoms with Crippen molar-refractivity contribution in [2.45, 2.75) is 18.9 Å². The van der Waals surface area contributed by atoms with Crippen LogP contribution < -0.4 is 5.32 Å². The summed E-state index contributed by atoms with van der Waals surface area (Å²) in [4.78, 5) is 12.3. The smallest absolute Gasteiger partial charge is 0.189 e. The molecule has 1 aliphatic carbocycles. The first-order valence-corrected chi connectivity index (χ1v) is 5.60. The van der Waals surface area contributed by atoms with E-state index in [-0.39, 0.29) is 11.8 Å². The molecule has 0 bridgehead atoms. The van der Waals surface area contributed by atoms with Crippen molar-refractivity contribution < 1.29 is 4.79 Å².